The molecule has 1 nitrogen and oxygen atoms in total. The number of allylic oxidation sites excluding steroid dienone is 3. The van der Waals surface area contributed by atoms with Crippen molar-refractivity contribution in [1.82, 2.24) is 4.57 Å². The number of hydrogen-bond acceptors (Lipinski definition) is 0. The molecule has 1 aromatic heterocycles. The van der Waals surface area contributed by atoms with E-state index in [1.54, 1.807) is 0 Å². The van der Waals surface area contributed by atoms with Gasteiger partial charge in [-0.1, -0.05) is 30.4 Å². The number of halogens is 1. The Morgan fingerprint density at radius 1 is 1.25 bits per heavy atom. The van der Waals surface area contributed by atoms with Gasteiger partial charge in [0.25, 0.3) is 0 Å². The summed E-state index contributed by atoms with van der Waals surface area (Å²) in [6.45, 7) is 0. The molecule has 16 heavy (non-hydrogen) atoms. The van der Waals surface area contributed by atoms with Gasteiger partial charge in [0.2, 0.25) is 0 Å². The molecule has 0 fully saturated rings. The third kappa shape index (κ3) is 1.44. The first-order chi connectivity index (χ1) is 7.77. The Balaban J connectivity index is 2.39. The zero-order chi connectivity index (χ0) is 11.1. The molecule has 0 bridgehead atoms. The SMILES string of the molecule is Cn1c2c(c3ccccc31)CC(I)=CC=C2. The molecule has 0 aliphatic heterocycles. The van der Waals surface area contributed by atoms with E-state index < -0.39 is 0 Å². The Bertz CT molecular complexity index is 617. The van der Waals surface area contributed by atoms with Crippen molar-refractivity contribution < 1.29 is 0 Å². The maximum absolute atomic E-state index is 2.42. The number of rotatable bonds is 0. The van der Waals surface area contributed by atoms with Crippen molar-refractivity contribution in [2.24, 2.45) is 7.05 Å². The monoisotopic (exact) mass is 321 g/mol. The van der Waals surface area contributed by atoms with Crippen LogP contribution in [0.1, 0.15) is 11.3 Å². The van der Waals surface area contributed by atoms with Crippen LogP contribution >= 0.6 is 22.6 Å². The van der Waals surface area contributed by atoms with Crippen LogP contribution in [0.3, 0.4) is 0 Å². The molecule has 3 rings (SSSR count). The molecule has 0 saturated heterocycles. The highest BCUT2D eigenvalue weighted by Crippen LogP contribution is 2.31. The maximum Gasteiger partial charge on any atom is 0.0485 e. The van der Waals surface area contributed by atoms with E-state index in [0.29, 0.717) is 0 Å². The molecule has 0 radical (unpaired) electrons. The minimum Gasteiger partial charge on any atom is -0.344 e. The molecule has 0 unspecified atom stereocenters. The molecule has 0 atom stereocenters. The minimum absolute atomic E-state index is 1.05. The summed E-state index contributed by atoms with van der Waals surface area (Å²) in [6, 6.07) is 8.63. The summed E-state index contributed by atoms with van der Waals surface area (Å²) in [4.78, 5) is 0. The third-order valence-corrected chi connectivity index (χ3v) is 3.88. The fourth-order valence-electron chi connectivity index (χ4n) is 2.36. The van der Waals surface area contributed by atoms with Crippen LogP contribution in [-0.2, 0) is 13.5 Å². The van der Waals surface area contributed by atoms with E-state index in [1.165, 1.54) is 25.7 Å². The second kappa shape index (κ2) is 3.77. The van der Waals surface area contributed by atoms with Gasteiger partial charge in [-0.25, -0.2) is 0 Å². The van der Waals surface area contributed by atoms with Crippen LogP contribution in [0.15, 0.2) is 40.0 Å². The van der Waals surface area contributed by atoms with Gasteiger partial charge in [0.15, 0.2) is 0 Å². The number of aryl methyl sites for hydroxylation is 1. The summed E-state index contributed by atoms with van der Waals surface area (Å²) in [5, 5.41) is 1.38. The second-order valence-corrected chi connectivity index (χ2v) is 5.47. The molecule has 0 saturated carbocycles. The summed E-state index contributed by atoms with van der Waals surface area (Å²) < 4.78 is 3.67. The summed E-state index contributed by atoms with van der Waals surface area (Å²) in [6.07, 6.45) is 7.59. The van der Waals surface area contributed by atoms with Gasteiger partial charge in [-0.3, -0.25) is 0 Å². The van der Waals surface area contributed by atoms with Crippen LogP contribution < -0.4 is 0 Å². The lowest BCUT2D eigenvalue weighted by atomic mass is 10.1. The lowest BCUT2D eigenvalue weighted by Gasteiger charge is -2.00. The minimum atomic E-state index is 1.05. The number of para-hydroxylation sites is 1. The highest BCUT2D eigenvalue weighted by atomic mass is 127. The first-order valence-electron chi connectivity index (χ1n) is 5.36. The van der Waals surface area contributed by atoms with E-state index >= 15 is 0 Å². The summed E-state index contributed by atoms with van der Waals surface area (Å²) in [5.74, 6) is 0. The first-order valence-corrected chi connectivity index (χ1v) is 6.44. The topological polar surface area (TPSA) is 4.93 Å². The van der Waals surface area contributed by atoms with Crippen LogP contribution in [0, 0.1) is 0 Å². The number of benzene rings is 1. The predicted octanol–water partition coefficient (Wildman–Crippen LogP) is 4.07. The summed E-state index contributed by atoms with van der Waals surface area (Å²) in [5.41, 5.74) is 4.11. The molecule has 0 N–H and O–H groups in total. The fraction of sp³-hybridized carbons (Fsp3) is 0.143. The van der Waals surface area contributed by atoms with Crippen molar-refractivity contribution >= 4 is 39.6 Å². The molecule has 1 aromatic carbocycles. The third-order valence-electron chi connectivity index (χ3n) is 3.14. The normalized spacial score (nSPS) is 14.8. The molecular weight excluding hydrogens is 309 g/mol. The van der Waals surface area contributed by atoms with Crippen molar-refractivity contribution in [2.45, 2.75) is 6.42 Å². The molecule has 80 valence electrons. The molecule has 2 heteroatoms. The van der Waals surface area contributed by atoms with E-state index in [9.17, 15) is 0 Å². The summed E-state index contributed by atoms with van der Waals surface area (Å²) >= 11 is 2.42. The van der Waals surface area contributed by atoms with Gasteiger partial charge in [-0.2, -0.15) is 0 Å². The van der Waals surface area contributed by atoms with Gasteiger partial charge in [0.05, 0.1) is 0 Å². The van der Waals surface area contributed by atoms with Gasteiger partial charge in [-0.15, -0.1) is 0 Å². The van der Waals surface area contributed by atoms with Gasteiger partial charge in [-0.05, 0) is 43.9 Å². The average molecular weight is 321 g/mol. The predicted molar refractivity (Wildman–Crippen MR) is 77.8 cm³/mol. The van der Waals surface area contributed by atoms with Crippen molar-refractivity contribution in [2.75, 3.05) is 0 Å². The Morgan fingerprint density at radius 3 is 2.94 bits per heavy atom. The zero-order valence-corrected chi connectivity index (χ0v) is 11.2. The fourth-order valence-corrected chi connectivity index (χ4v) is 2.95. The highest BCUT2D eigenvalue weighted by molar-refractivity contribution is 14.1. The molecule has 1 aliphatic rings. The van der Waals surface area contributed by atoms with Crippen molar-refractivity contribution in [3.05, 3.63) is 51.3 Å². The smallest absolute Gasteiger partial charge is 0.0485 e. The van der Waals surface area contributed by atoms with Gasteiger partial charge >= 0.3 is 0 Å². The second-order valence-electron chi connectivity index (χ2n) is 4.09. The van der Waals surface area contributed by atoms with E-state index in [2.05, 4.69) is 76.7 Å². The van der Waals surface area contributed by atoms with Crippen LogP contribution in [0.5, 0.6) is 0 Å². The largest absolute Gasteiger partial charge is 0.344 e. The molecule has 0 amide bonds. The first kappa shape index (κ1) is 10.1. The van der Waals surface area contributed by atoms with Crippen molar-refractivity contribution in [3.8, 4) is 0 Å². The average Bonchev–Trinajstić information content (AvgIpc) is 2.47. The molecule has 1 heterocycles. The van der Waals surface area contributed by atoms with Crippen LogP contribution in [-0.4, -0.2) is 4.57 Å². The molecule has 0 spiro atoms. The van der Waals surface area contributed by atoms with Crippen molar-refractivity contribution in [1.29, 1.82) is 0 Å². The van der Waals surface area contributed by atoms with E-state index in [4.69, 9.17) is 0 Å². The zero-order valence-electron chi connectivity index (χ0n) is 9.07. The Morgan fingerprint density at radius 2 is 2.06 bits per heavy atom. The number of nitrogens with zero attached hydrogens (tertiary/aromatic N) is 1. The molecule has 1 aliphatic carbocycles. The van der Waals surface area contributed by atoms with Crippen LogP contribution in [0.4, 0.5) is 0 Å². The quantitative estimate of drug-likeness (QED) is 0.645. The van der Waals surface area contributed by atoms with Crippen LogP contribution in [0.2, 0.25) is 0 Å². The Labute approximate surface area is 109 Å². The van der Waals surface area contributed by atoms with Gasteiger partial charge in [0.1, 0.15) is 0 Å². The maximum atomic E-state index is 2.42. The van der Waals surface area contributed by atoms with Crippen LogP contribution in [0.25, 0.3) is 17.0 Å². The number of aromatic nitrogens is 1. The Hall–Kier alpha value is -1.03. The lowest BCUT2D eigenvalue weighted by Crippen LogP contribution is -1.92. The molecular formula is C14H12IN. The number of fused-ring (bicyclic) bond motifs is 3. The standard InChI is InChI=1S/C14H12IN/c1-16-13-7-3-2-6-11(13)12-9-10(15)5-4-8-14(12)16/h2-8H,9H2,1H3. The van der Waals surface area contributed by atoms with Gasteiger partial charge < -0.3 is 4.57 Å². The van der Waals surface area contributed by atoms with E-state index in [1.807, 2.05) is 0 Å². The van der Waals surface area contributed by atoms with Crippen molar-refractivity contribution in [3.63, 3.8) is 0 Å². The molecule has 2 aromatic rings. The number of hydrogen-bond donors (Lipinski definition) is 0. The van der Waals surface area contributed by atoms with Gasteiger partial charge in [0, 0.05) is 30.1 Å². The Kier molecular flexibility index (Phi) is 2.39. The van der Waals surface area contributed by atoms with E-state index in [0.717, 1.165) is 6.42 Å². The highest BCUT2D eigenvalue weighted by Gasteiger charge is 2.14. The van der Waals surface area contributed by atoms with E-state index in [-0.39, 0.29) is 0 Å². The summed E-state index contributed by atoms with van der Waals surface area (Å²) in [7, 11) is 2.14. The lowest BCUT2D eigenvalue weighted by molar-refractivity contribution is 0.945.